The molecule has 0 aromatic heterocycles. The summed E-state index contributed by atoms with van der Waals surface area (Å²) in [5.74, 6) is 8.60. The first kappa shape index (κ1) is 7.92. The molecular weight excluding hydrogens is 102 g/mol. The lowest BCUT2D eigenvalue weighted by atomic mass is 10.1. The van der Waals surface area contributed by atoms with E-state index in [1.165, 1.54) is 0 Å². The Hall–Kier alpha value is -0.0800. The molecule has 0 aromatic rings. The van der Waals surface area contributed by atoms with Gasteiger partial charge in [-0.05, 0) is 12.3 Å². The van der Waals surface area contributed by atoms with Crippen molar-refractivity contribution in [1.82, 2.24) is 5.90 Å². The Morgan fingerprint density at radius 2 is 2.00 bits per heavy atom. The van der Waals surface area contributed by atoms with E-state index in [0.29, 0.717) is 5.92 Å². The van der Waals surface area contributed by atoms with Gasteiger partial charge in [0.15, 0.2) is 0 Å². The van der Waals surface area contributed by atoms with Crippen LogP contribution in [-0.4, -0.2) is 6.10 Å². The predicted octanol–water partition coefficient (Wildman–Crippen LogP) is 1.42. The minimum absolute atomic E-state index is 0.00926. The fraction of sp³-hybridized carbons (Fsp3) is 1.00. The Kier molecular flexibility index (Phi) is 3.83. The third kappa shape index (κ3) is 2.28. The van der Waals surface area contributed by atoms with Crippen LogP contribution < -0.4 is 5.90 Å². The highest BCUT2D eigenvalue weighted by atomic mass is 16.6. The first-order chi connectivity index (χ1) is 3.72. The van der Waals surface area contributed by atoms with Gasteiger partial charge < -0.3 is 0 Å². The zero-order valence-electron chi connectivity index (χ0n) is 5.72. The maximum atomic E-state index is 8.20. The van der Waals surface area contributed by atoms with E-state index >= 15 is 0 Å². The smallest absolute Gasteiger partial charge is 0.0848 e. The summed E-state index contributed by atoms with van der Waals surface area (Å²) in [5, 5.41) is 0. The van der Waals surface area contributed by atoms with Gasteiger partial charge in [-0.3, -0.25) is 4.84 Å². The number of hydrogen-bond donors (Lipinski definition) is 0. The lowest BCUT2D eigenvalue weighted by molar-refractivity contribution is 0.00501. The van der Waals surface area contributed by atoms with Crippen molar-refractivity contribution in [1.29, 1.82) is 0 Å². The van der Waals surface area contributed by atoms with E-state index in [-0.39, 0.29) is 6.10 Å². The van der Waals surface area contributed by atoms with E-state index in [1.807, 2.05) is 20.8 Å². The van der Waals surface area contributed by atoms with Crippen molar-refractivity contribution in [2.24, 2.45) is 5.92 Å². The van der Waals surface area contributed by atoms with Gasteiger partial charge in [-0.2, -0.15) is 0 Å². The zero-order valence-corrected chi connectivity index (χ0v) is 5.72. The molecule has 0 spiro atoms. The molecule has 0 rings (SSSR count). The second kappa shape index (κ2) is 3.87. The SMILES string of the molecule is CCC(O[N])C(C)C. The van der Waals surface area contributed by atoms with Crippen LogP contribution >= 0.6 is 0 Å². The molecule has 0 heterocycles. The molecule has 48 valence electrons. The van der Waals surface area contributed by atoms with E-state index in [0.717, 1.165) is 6.42 Å². The van der Waals surface area contributed by atoms with E-state index in [9.17, 15) is 0 Å². The van der Waals surface area contributed by atoms with Crippen LogP contribution in [0.25, 0.3) is 0 Å². The van der Waals surface area contributed by atoms with Gasteiger partial charge in [-0.25, -0.2) is 0 Å². The molecule has 0 aromatic carbocycles. The second-order valence-corrected chi connectivity index (χ2v) is 2.30. The fourth-order valence-electron chi connectivity index (χ4n) is 0.668. The van der Waals surface area contributed by atoms with Crippen molar-refractivity contribution < 1.29 is 4.84 Å². The average Bonchev–Trinajstić information content (AvgIpc) is 1.69. The Balaban J connectivity index is 3.35. The maximum Gasteiger partial charge on any atom is 0.0848 e. The molecule has 0 aliphatic carbocycles. The first-order valence-electron chi connectivity index (χ1n) is 3.02. The highest BCUT2D eigenvalue weighted by Gasteiger charge is 2.09. The third-order valence-corrected chi connectivity index (χ3v) is 1.28. The molecule has 0 N–H and O–H groups in total. The molecule has 1 unspecified atom stereocenters. The molecule has 2 radical (unpaired) electrons. The van der Waals surface area contributed by atoms with Gasteiger partial charge in [0, 0.05) is 5.90 Å². The summed E-state index contributed by atoms with van der Waals surface area (Å²) in [4.78, 5) is 4.16. The molecule has 0 amide bonds. The van der Waals surface area contributed by atoms with Gasteiger partial charge >= 0.3 is 0 Å². The monoisotopic (exact) mass is 115 g/mol. The van der Waals surface area contributed by atoms with Crippen LogP contribution in [-0.2, 0) is 4.84 Å². The van der Waals surface area contributed by atoms with Crippen LogP contribution in [0.2, 0.25) is 0 Å². The predicted molar refractivity (Wildman–Crippen MR) is 32.1 cm³/mol. The molecule has 0 bridgehead atoms. The molecule has 2 heteroatoms. The summed E-state index contributed by atoms with van der Waals surface area (Å²) in [7, 11) is 0. The summed E-state index contributed by atoms with van der Waals surface area (Å²) in [6.45, 7) is 6.02. The highest BCUT2D eigenvalue weighted by molar-refractivity contribution is 4.56. The topological polar surface area (TPSA) is 31.5 Å². The van der Waals surface area contributed by atoms with Gasteiger partial charge in [0.25, 0.3) is 0 Å². The Bertz CT molecular complexity index is 50.5. The summed E-state index contributed by atoms with van der Waals surface area (Å²) in [6, 6.07) is 0. The summed E-state index contributed by atoms with van der Waals surface area (Å²) in [6.07, 6.45) is 0.878. The van der Waals surface area contributed by atoms with Crippen LogP contribution in [0.5, 0.6) is 0 Å². The Morgan fingerprint density at radius 1 is 1.50 bits per heavy atom. The average molecular weight is 115 g/mol. The van der Waals surface area contributed by atoms with Crippen molar-refractivity contribution in [3.8, 4) is 0 Å². The van der Waals surface area contributed by atoms with Gasteiger partial charge in [-0.15, -0.1) is 0 Å². The molecular formula is C6H13NO. The summed E-state index contributed by atoms with van der Waals surface area (Å²) >= 11 is 0. The minimum Gasteiger partial charge on any atom is -0.260 e. The highest BCUT2D eigenvalue weighted by Crippen LogP contribution is 2.07. The quantitative estimate of drug-likeness (QED) is 0.512. The van der Waals surface area contributed by atoms with Crippen LogP contribution in [0.15, 0.2) is 0 Å². The van der Waals surface area contributed by atoms with Crippen molar-refractivity contribution in [2.75, 3.05) is 0 Å². The minimum atomic E-state index is 0.00926. The van der Waals surface area contributed by atoms with Crippen molar-refractivity contribution >= 4 is 0 Å². The number of hydrogen-bond acceptors (Lipinski definition) is 1. The molecule has 0 aliphatic heterocycles. The summed E-state index contributed by atoms with van der Waals surface area (Å²) in [5.41, 5.74) is 0. The van der Waals surface area contributed by atoms with Crippen LogP contribution in [0.1, 0.15) is 27.2 Å². The molecule has 0 saturated heterocycles. The van der Waals surface area contributed by atoms with Crippen LogP contribution in [0, 0.1) is 5.92 Å². The molecule has 0 aliphatic rings. The number of nitrogens with zero attached hydrogens (tertiary/aromatic N) is 1. The Morgan fingerprint density at radius 3 is 2.00 bits per heavy atom. The van der Waals surface area contributed by atoms with Gasteiger partial charge in [-0.1, -0.05) is 20.8 Å². The molecule has 1 atom stereocenters. The fourth-order valence-corrected chi connectivity index (χ4v) is 0.668. The normalized spacial score (nSPS) is 14.6. The third-order valence-electron chi connectivity index (χ3n) is 1.28. The largest absolute Gasteiger partial charge is 0.260 e. The van der Waals surface area contributed by atoms with Crippen molar-refractivity contribution in [2.45, 2.75) is 33.3 Å². The molecule has 2 nitrogen and oxygen atoms in total. The standard InChI is InChI=1S/C6H13NO/c1-4-6(8-7)5(2)3/h5-6H,4H2,1-3H3. The molecule has 0 fully saturated rings. The molecule has 0 saturated carbocycles. The van der Waals surface area contributed by atoms with Crippen LogP contribution in [0.3, 0.4) is 0 Å². The van der Waals surface area contributed by atoms with E-state index in [2.05, 4.69) is 4.84 Å². The second-order valence-electron chi connectivity index (χ2n) is 2.30. The lowest BCUT2D eigenvalue weighted by Gasteiger charge is -2.12. The van der Waals surface area contributed by atoms with Gasteiger partial charge in [0.1, 0.15) is 0 Å². The zero-order chi connectivity index (χ0) is 6.57. The van der Waals surface area contributed by atoms with E-state index < -0.39 is 0 Å². The van der Waals surface area contributed by atoms with Crippen LogP contribution in [0.4, 0.5) is 0 Å². The van der Waals surface area contributed by atoms with Gasteiger partial charge in [0.05, 0.1) is 6.10 Å². The Labute approximate surface area is 51.0 Å². The van der Waals surface area contributed by atoms with Gasteiger partial charge in [0.2, 0.25) is 0 Å². The first-order valence-corrected chi connectivity index (χ1v) is 3.02. The van der Waals surface area contributed by atoms with Crippen molar-refractivity contribution in [3.63, 3.8) is 0 Å². The van der Waals surface area contributed by atoms with E-state index in [1.54, 1.807) is 0 Å². The summed E-state index contributed by atoms with van der Waals surface area (Å²) < 4.78 is 0. The number of rotatable bonds is 3. The lowest BCUT2D eigenvalue weighted by Crippen LogP contribution is -2.17. The van der Waals surface area contributed by atoms with E-state index in [4.69, 9.17) is 5.90 Å². The van der Waals surface area contributed by atoms with Crippen molar-refractivity contribution in [3.05, 3.63) is 0 Å². The molecule has 8 heavy (non-hydrogen) atoms. The maximum absolute atomic E-state index is 8.20.